The topological polar surface area (TPSA) is 40.5 Å². The Morgan fingerprint density at radius 2 is 1.91 bits per heavy atom. The Bertz CT molecular complexity index is 696. The molecule has 0 bridgehead atoms. The molecule has 0 saturated carbocycles. The molecule has 1 N–H and O–H groups in total. The van der Waals surface area contributed by atoms with Gasteiger partial charge in [0.15, 0.2) is 0 Å². The normalized spacial score (nSPS) is 17.4. The van der Waals surface area contributed by atoms with Crippen LogP contribution in [0.4, 0.5) is 0 Å². The van der Waals surface area contributed by atoms with Gasteiger partial charge in [0.2, 0.25) is 5.91 Å². The highest BCUT2D eigenvalue weighted by Gasteiger charge is 2.27. The first kappa shape index (κ1) is 15.6. The van der Waals surface area contributed by atoms with Crippen molar-refractivity contribution in [2.75, 3.05) is 13.1 Å². The molecule has 1 heterocycles. The monoisotopic (exact) mass is 309 g/mol. The molecule has 2 aromatic carbocycles. The number of aryl methyl sites for hydroxylation is 2. The Hall–Kier alpha value is -2.29. The van der Waals surface area contributed by atoms with Crippen LogP contribution < -0.4 is 0 Å². The minimum atomic E-state index is 0.185. The zero-order valence-electron chi connectivity index (χ0n) is 13.5. The number of carbonyl (C=O) groups excluding carboxylic acids is 1. The molecule has 3 nitrogen and oxygen atoms in total. The van der Waals surface area contributed by atoms with Crippen molar-refractivity contribution in [2.24, 2.45) is 0 Å². The largest absolute Gasteiger partial charge is 0.508 e. The zero-order chi connectivity index (χ0) is 16.2. The second-order valence-corrected chi connectivity index (χ2v) is 6.31. The highest BCUT2D eigenvalue weighted by atomic mass is 16.3. The van der Waals surface area contributed by atoms with Crippen LogP contribution in [0, 0.1) is 6.92 Å². The van der Waals surface area contributed by atoms with E-state index in [2.05, 4.69) is 31.2 Å². The molecule has 1 amide bonds. The van der Waals surface area contributed by atoms with Gasteiger partial charge in [-0.1, -0.05) is 42.5 Å². The summed E-state index contributed by atoms with van der Waals surface area (Å²) in [4.78, 5) is 14.4. The van der Waals surface area contributed by atoms with Gasteiger partial charge in [-0.2, -0.15) is 0 Å². The van der Waals surface area contributed by atoms with E-state index in [4.69, 9.17) is 0 Å². The third kappa shape index (κ3) is 3.55. The number of hydrogen-bond donors (Lipinski definition) is 1. The molecule has 0 spiro atoms. The molecule has 23 heavy (non-hydrogen) atoms. The molecule has 1 fully saturated rings. The van der Waals surface area contributed by atoms with Gasteiger partial charge in [-0.25, -0.2) is 0 Å². The molecular weight excluding hydrogens is 286 g/mol. The lowest BCUT2D eigenvalue weighted by Gasteiger charge is -2.18. The summed E-state index contributed by atoms with van der Waals surface area (Å²) in [5, 5.41) is 9.79. The number of hydrogen-bond acceptors (Lipinski definition) is 2. The lowest BCUT2D eigenvalue weighted by atomic mass is 9.94. The van der Waals surface area contributed by atoms with Crippen LogP contribution in [0.15, 0.2) is 48.5 Å². The Kier molecular flexibility index (Phi) is 4.65. The summed E-state index contributed by atoms with van der Waals surface area (Å²) in [7, 11) is 0. The quantitative estimate of drug-likeness (QED) is 0.936. The van der Waals surface area contributed by atoms with Crippen molar-refractivity contribution in [3.63, 3.8) is 0 Å². The van der Waals surface area contributed by atoms with E-state index in [1.54, 1.807) is 12.1 Å². The van der Waals surface area contributed by atoms with Gasteiger partial charge in [0.25, 0.3) is 0 Å². The highest BCUT2D eigenvalue weighted by Crippen LogP contribution is 2.30. The van der Waals surface area contributed by atoms with Gasteiger partial charge in [-0.15, -0.1) is 0 Å². The average molecular weight is 309 g/mol. The molecule has 1 aliphatic heterocycles. The summed E-state index contributed by atoms with van der Waals surface area (Å²) < 4.78 is 0. The summed E-state index contributed by atoms with van der Waals surface area (Å²) in [6.07, 6.45) is 2.09. The molecule has 1 unspecified atom stereocenters. The third-order valence-corrected chi connectivity index (χ3v) is 4.77. The molecule has 0 aromatic heterocycles. The summed E-state index contributed by atoms with van der Waals surface area (Å²) in [6.45, 7) is 3.78. The van der Waals surface area contributed by atoms with Crippen molar-refractivity contribution < 1.29 is 9.90 Å². The van der Waals surface area contributed by atoms with Crippen LogP contribution in [-0.2, 0) is 11.2 Å². The van der Waals surface area contributed by atoms with Gasteiger partial charge in [0.1, 0.15) is 5.75 Å². The Labute approximate surface area is 137 Å². The van der Waals surface area contributed by atoms with Crippen molar-refractivity contribution in [1.82, 2.24) is 4.90 Å². The third-order valence-electron chi connectivity index (χ3n) is 4.77. The van der Waals surface area contributed by atoms with Gasteiger partial charge < -0.3 is 10.0 Å². The minimum absolute atomic E-state index is 0.185. The molecule has 1 aliphatic rings. The summed E-state index contributed by atoms with van der Waals surface area (Å²) in [5.74, 6) is 0.911. The number of para-hydroxylation sites is 1. The van der Waals surface area contributed by atoms with Gasteiger partial charge in [-0.3, -0.25) is 4.79 Å². The standard InChI is InChI=1S/C20H23NO2/c1-15-6-2-4-8-18(15)17-12-13-21(14-17)20(23)11-10-16-7-3-5-9-19(16)22/h2-9,17,22H,10-14H2,1H3. The number of amides is 1. The van der Waals surface area contributed by atoms with Crippen molar-refractivity contribution >= 4 is 5.91 Å². The van der Waals surface area contributed by atoms with E-state index in [0.29, 0.717) is 18.8 Å². The van der Waals surface area contributed by atoms with Gasteiger partial charge in [-0.05, 0) is 42.5 Å². The van der Waals surface area contributed by atoms with E-state index in [-0.39, 0.29) is 11.7 Å². The number of likely N-dealkylation sites (tertiary alicyclic amines) is 1. The SMILES string of the molecule is Cc1ccccc1C1CCN(C(=O)CCc2ccccc2O)C1. The van der Waals surface area contributed by atoms with E-state index in [9.17, 15) is 9.90 Å². The first-order valence-electron chi connectivity index (χ1n) is 8.25. The lowest BCUT2D eigenvalue weighted by molar-refractivity contribution is -0.130. The number of benzene rings is 2. The average Bonchev–Trinajstić information content (AvgIpc) is 3.04. The molecule has 120 valence electrons. The predicted octanol–water partition coefficient (Wildman–Crippen LogP) is 3.65. The number of phenolic OH excluding ortho intramolecular Hbond substituents is 1. The lowest BCUT2D eigenvalue weighted by Crippen LogP contribution is -2.28. The van der Waals surface area contributed by atoms with Crippen LogP contribution in [0.2, 0.25) is 0 Å². The summed E-state index contributed by atoms with van der Waals surface area (Å²) in [6, 6.07) is 15.7. The highest BCUT2D eigenvalue weighted by molar-refractivity contribution is 5.77. The molecule has 2 aromatic rings. The Morgan fingerprint density at radius 3 is 2.70 bits per heavy atom. The van der Waals surface area contributed by atoms with Crippen molar-refractivity contribution in [1.29, 1.82) is 0 Å². The summed E-state index contributed by atoms with van der Waals surface area (Å²) >= 11 is 0. The Morgan fingerprint density at radius 1 is 1.17 bits per heavy atom. The molecule has 0 radical (unpaired) electrons. The first-order chi connectivity index (χ1) is 11.1. The minimum Gasteiger partial charge on any atom is -0.508 e. The molecular formula is C20H23NO2. The van der Waals surface area contributed by atoms with E-state index < -0.39 is 0 Å². The fourth-order valence-corrected chi connectivity index (χ4v) is 3.41. The maximum Gasteiger partial charge on any atom is 0.222 e. The van der Waals surface area contributed by atoms with E-state index in [0.717, 1.165) is 25.1 Å². The second kappa shape index (κ2) is 6.86. The van der Waals surface area contributed by atoms with Gasteiger partial charge >= 0.3 is 0 Å². The van der Waals surface area contributed by atoms with Crippen LogP contribution in [0.5, 0.6) is 5.75 Å². The number of aromatic hydroxyl groups is 1. The van der Waals surface area contributed by atoms with E-state index in [1.807, 2.05) is 17.0 Å². The predicted molar refractivity (Wildman–Crippen MR) is 91.5 cm³/mol. The first-order valence-corrected chi connectivity index (χ1v) is 8.25. The molecule has 3 heteroatoms. The van der Waals surface area contributed by atoms with Gasteiger partial charge in [0, 0.05) is 25.4 Å². The number of rotatable bonds is 4. The molecule has 1 atom stereocenters. The van der Waals surface area contributed by atoms with E-state index >= 15 is 0 Å². The fourth-order valence-electron chi connectivity index (χ4n) is 3.41. The molecule has 3 rings (SSSR count). The van der Waals surface area contributed by atoms with Crippen LogP contribution in [0.25, 0.3) is 0 Å². The van der Waals surface area contributed by atoms with Crippen LogP contribution in [0.1, 0.15) is 35.4 Å². The second-order valence-electron chi connectivity index (χ2n) is 6.31. The van der Waals surface area contributed by atoms with Crippen molar-refractivity contribution in [3.05, 3.63) is 65.2 Å². The van der Waals surface area contributed by atoms with Gasteiger partial charge in [0.05, 0.1) is 0 Å². The van der Waals surface area contributed by atoms with Crippen molar-refractivity contribution in [3.8, 4) is 5.75 Å². The van der Waals surface area contributed by atoms with Crippen LogP contribution >= 0.6 is 0 Å². The number of carbonyl (C=O) groups is 1. The smallest absolute Gasteiger partial charge is 0.222 e. The summed E-state index contributed by atoms with van der Waals surface area (Å²) in [5.41, 5.74) is 3.51. The van der Waals surface area contributed by atoms with Crippen molar-refractivity contribution in [2.45, 2.75) is 32.1 Å². The Balaban J connectivity index is 1.58. The fraction of sp³-hybridized carbons (Fsp3) is 0.350. The van der Waals surface area contributed by atoms with Crippen LogP contribution in [-0.4, -0.2) is 29.0 Å². The zero-order valence-corrected chi connectivity index (χ0v) is 13.5. The number of nitrogens with zero attached hydrogens (tertiary/aromatic N) is 1. The number of phenols is 1. The van der Waals surface area contributed by atoms with E-state index in [1.165, 1.54) is 11.1 Å². The maximum absolute atomic E-state index is 12.4. The van der Waals surface area contributed by atoms with Crippen LogP contribution in [0.3, 0.4) is 0 Å². The molecule has 1 saturated heterocycles. The molecule has 0 aliphatic carbocycles. The maximum atomic E-state index is 12.4.